The number of rotatable bonds is 7. The highest BCUT2D eigenvalue weighted by Crippen LogP contribution is 2.43. The third-order valence-electron chi connectivity index (χ3n) is 11.9. The van der Waals surface area contributed by atoms with Gasteiger partial charge in [-0.15, -0.1) is 11.3 Å². The molecule has 0 aliphatic rings. The second kappa shape index (κ2) is 14.9. The number of thiophene rings is 1. The van der Waals surface area contributed by atoms with E-state index in [0.717, 1.165) is 55.8 Å². The van der Waals surface area contributed by atoms with Crippen LogP contribution < -0.4 is 0 Å². The first kappa shape index (κ1) is 35.9. The van der Waals surface area contributed by atoms with Gasteiger partial charge in [0.2, 0.25) is 0 Å². The minimum absolute atomic E-state index is 0.618. The van der Waals surface area contributed by atoms with Crippen molar-refractivity contribution in [2.75, 3.05) is 0 Å². The molecule has 0 spiro atoms. The molecule has 290 valence electrons. The van der Waals surface area contributed by atoms with Crippen LogP contribution in [0.4, 0.5) is 0 Å². The zero-order valence-electron chi connectivity index (χ0n) is 33.5. The van der Waals surface area contributed by atoms with Crippen LogP contribution in [0.15, 0.2) is 218 Å². The van der Waals surface area contributed by atoms with E-state index in [9.17, 15) is 0 Å². The average Bonchev–Trinajstić information content (AvgIpc) is 3.91. The molecule has 4 nitrogen and oxygen atoms in total. The average molecular weight is 809 g/mol. The maximum atomic E-state index is 5.27. The van der Waals surface area contributed by atoms with Crippen LogP contribution in [0.2, 0.25) is 0 Å². The Morgan fingerprint density at radius 1 is 0.323 bits per heavy atom. The van der Waals surface area contributed by atoms with E-state index in [0.29, 0.717) is 17.5 Å². The smallest absolute Gasteiger partial charge is 0.164 e. The van der Waals surface area contributed by atoms with Gasteiger partial charge in [-0.3, -0.25) is 0 Å². The lowest BCUT2D eigenvalue weighted by molar-refractivity contribution is 1.07. The van der Waals surface area contributed by atoms with Crippen LogP contribution in [0.25, 0.3) is 115 Å². The Bertz CT molecular complexity index is 3630. The summed E-state index contributed by atoms with van der Waals surface area (Å²) in [5.41, 5.74) is 13.0. The molecule has 9 aromatic carbocycles. The molecule has 12 aromatic rings. The number of benzene rings is 9. The Balaban J connectivity index is 1.01. The normalized spacial score (nSPS) is 11.5. The van der Waals surface area contributed by atoms with E-state index >= 15 is 0 Å². The third-order valence-corrected chi connectivity index (χ3v) is 13.1. The van der Waals surface area contributed by atoms with Crippen LogP contribution in [-0.2, 0) is 0 Å². The van der Waals surface area contributed by atoms with Crippen LogP contribution in [0.1, 0.15) is 0 Å². The highest BCUT2D eigenvalue weighted by Gasteiger charge is 2.20. The molecule has 0 amide bonds. The van der Waals surface area contributed by atoms with E-state index in [-0.39, 0.29) is 0 Å². The summed E-state index contributed by atoms with van der Waals surface area (Å²) in [6.45, 7) is 0. The summed E-state index contributed by atoms with van der Waals surface area (Å²) in [6.07, 6.45) is 0. The van der Waals surface area contributed by atoms with E-state index in [4.69, 9.17) is 15.0 Å². The molecular formula is C57H36N4S. The fourth-order valence-corrected chi connectivity index (χ4v) is 10.1. The van der Waals surface area contributed by atoms with Crippen LogP contribution in [-0.4, -0.2) is 19.5 Å². The van der Waals surface area contributed by atoms with Crippen molar-refractivity contribution in [2.45, 2.75) is 0 Å². The van der Waals surface area contributed by atoms with Gasteiger partial charge in [0, 0.05) is 48.6 Å². The molecule has 0 bridgehead atoms. The molecule has 5 heteroatoms. The lowest BCUT2D eigenvalue weighted by Crippen LogP contribution is -2.01. The molecule has 0 unspecified atom stereocenters. The standard InChI is InChI=1S/C57H36N4S/c1-4-16-37(17-5-1)42-30-31-49(50(36-42)38-18-6-2-7-19-38)57-59-55(39-20-8-3-9-21-39)58-56(60-57)43-24-14-22-40(34-43)41-23-15-25-44(35-41)61-51-28-12-10-26-45(51)47-32-33-48-46-27-11-13-29-52(46)62-54(48)53(47)61/h1-36H. The third kappa shape index (κ3) is 6.18. The lowest BCUT2D eigenvalue weighted by Gasteiger charge is -2.14. The van der Waals surface area contributed by atoms with E-state index < -0.39 is 0 Å². The molecule has 0 aliphatic carbocycles. The zero-order valence-corrected chi connectivity index (χ0v) is 34.3. The van der Waals surface area contributed by atoms with Crippen molar-refractivity contribution in [3.63, 3.8) is 0 Å². The molecule has 0 saturated carbocycles. The Morgan fingerprint density at radius 3 is 1.68 bits per heavy atom. The maximum Gasteiger partial charge on any atom is 0.164 e. The van der Waals surface area contributed by atoms with Crippen molar-refractivity contribution in [3.8, 4) is 73.2 Å². The number of hydrogen-bond acceptors (Lipinski definition) is 4. The summed E-state index contributed by atoms with van der Waals surface area (Å²) in [7, 11) is 0. The summed E-state index contributed by atoms with van der Waals surface area (Å²) in [5, 5.41) is 5.10. The van der Waals surface area contributed by atoms with E-state index in [1.165, 1.54) is 42.0 Å². The Kier molecular flexibility index (Phi) is 8.65. The summed E-state index contributed by atoms with van der Waals surface area (Å²) in [6, 6.07) is 77.4. The number of nitrogens with zero attached hydrogens (tertiary/aromatic N) is 4. The van der Waals surface area contributed by atoms with Gasteiger partial charge in [0.05, 0.1) is 15.7 Å². The van der Waals surface area contributed by atoms with Crippen molar-refractivity contribution in [1.29, 1.82) is 0 Å². The largest absolute Gasteiger partial charge is 0.308 e. The van der Waals surface area contributed by atoms with Gasteiger partial charge in [0.15, 0.2) is 17.5 Å². The first-order chi connectivity index (χ1) is 30.7. The van der Waals surface area contributed by atoms with Crippen LogP contribution in [0.5, 0.6) is 0 Å². The predicted octanol–water partition coefficient (Wildman–Crippen LogP) is 15.3. The molecule has 0 atom stereocenters. The van der Waals surface area contributed by atoms with E-state index in [2.05, 4.69) is 199 Å². The molecule has 62 heavy (non-hydrogen) atoms. The van der Waals surface area contributed by atoms with Crippen molar-refractivity contribution in [3.05, 3.63) is 218 Å². The first-order valence-corrected chi connectivity index (χ1v) is 21.7. The number of aromatic nitrogens is 4. The van der Waals surface area contributed by atoms with Crippen molar-refractivity contribution in [1.82, 2.24) is 19.5 Å². The predicted molar refractivity (Wildman–Crippen MR) is 260 cm³/mol. The van der Waals surface area contributed by atoms with Gasteiger partial charge in [-0.25, -0.2) is 15.0 Å². The molecule has 3 heterocycles. The second-order valence-electron chi connectivity index (χ2n) is 15.6. The lowest BCUT2D eigenvalue weighted by atomic mass is 9.94. The summed E-state index contributed by atoms with van der Waals surface area (Å²) in [5.74, 6) is 1.87. The Morgan fingerprint density at radius 2 is 0.887 bits per heavy atom. The van der Waals surface area contributed by atoms with Crippen molar-refractivity contribution >= 4 is 53.3 Å². The van der Waals surface area contributed by atoms with Gasteiger partial charge in [-0.05, 0) is 75.8 Å². The second-order valence-corrected chi connectivity index (χ2v) is 16.6. The van der Waals surface area contributed by atoms with Crippen LogP contribution in [0.3, 0.4) is 0 Å². The molecule has 0 radical (unpaired) electrons. The van der Waals surface area contributed by atoms with Crippen molar-refractivity contribution < 1.29 is 0 Å². The topological polar surface area (TPSA) is 43.6 Å². The fraction of sp³-hybridized carbons (Fsp3) is 0. The summed E-state index contributed by atoms with van der Waals surface area (Å²) in [4.78, 5) is 15.6. The molecule has 0 aliphatic heterocycles. The number of para-hydroxylation sites is 1. The van der Waals surface area contributed by atoms with Crippen LogP contribution in [0, 0.1) is 0 Å². The fourth-order valence-electron chi connectivity index (χ4n) is 8.91. The van der Waals surface area contributed by atoms with Gasteiger partial charge in [0.1, 0.15) is 0 Å². The monoisotopic (exact) mass is 808 g/mol. The highest BCUT2D eigenvalue weighted by atomic mass is 32.1. The van der Waals surface area contributed by atoms with Gasteiger partial charge < -0.3 is 4.57 Å². The molecule has 12 rings (SSSR count). The van der Waals surface area contributed by atoms with Gasteiger partial charge in [-0.1, -0.05) is 176 Å². The first-order valence-electron chi connectivity index (χ1n) is 20.8. The van der Waals surface area contributed by atoms with Gasteiger partial charge in [0.25, 0.3) is 0 Å². The van der Waals surface area contributed by atoms with E-state index in [1.807, 2.05) is 35.6 Å². The summed E-state index contributed by atoms with van der Waals surface area (Å²) >= 11 is 1.87. The van der Waals surface area contributed by atoms with Crippen LogP contribution >= 0.6 is 11.3 Å². The van der Waals surface area contributed by atoms with Gasteiger partial charge in [-0.2, -0.15) is 0 Å². The molecule has 3 aromatic heterocycles. The Hall–Kier alpha value is -7.99. The minimum Gasteiger partial charge on any atom is -0.308 e. The molecule has 0 fully saturated rings. The molecular weight excluding hydrogens is 773 g/mol. The number of fused-ring (bicyclic) bond motifs is 7. The van der Waals surface area contributed by atoms with Crippen molar-refractivity contribution in [2.24, 2.45) is 0 Å². The SMILES string of the molecule is c1ccc(-c2ccc(-c3nc(-c4ccccc4)nc(-c4cccc(-c5cccc(-n6c7ccccc7c7ccc8c9ccccc9sc8c76)c5)c4)n3)c(-c3ccccc3)c2)cc1. The minimum atomic E-state index is 0.618. The molecule has 0 saturated heterocycles. The molecule has 0 N–H and O–H groups in total. The Labute approximate surface area is 362 Å². The zero-order chi connectivity index (χ0) is 41.0. The number of hydrogen-bond donors (Lipinski definition) is 0. The highest BCUT2D eigenvalue weighted by molar-refractivity contribution is 7.26. The van der Waals surface area contributed by atoms with E-state index in [1.54, 1.807) is 0 Å². The maximum absolute atomic E-state index is 5.27. The van der Waals surface area contributed by atoms with Gasteiger partial charge >= 0.3 is 0 Å². The summed E-state index contributed by atoms with van der Waals surface area (Å²) < 4.78 is 5.06. The quantitative estimate of drug-likeness (QED) is 0.161.